The van der Waals surface area contributed by atoms with Crippen LogP contribution in [0.4, 0.5) is 5.13 Å². The number of aromatic nitrogens is 1. The van der Waals surface area contributed by atoms with Crippen LogP contribution in [0.3, 0.4) is 0 Å². The van der Waals surface area contributed by atoms with Gasteiger partial charge in [0.1, 0.15) is 6.10 Å². The second-order valence-corrected chi connectivity index (χ2v) is 5.97. The number of carbonyl (C=O) groups excluding carboxylic acids is 1. The zero-order valence-electron chi connectivity index (χ0n) is 11.0. The monoisotopic (exact) mass is 276 g/mol. The normalized spacial score (nSPS) is 18.9. The van der Waals surface area contributed by atoms with Crippen LogP contribution in [0.1, 0.15) is 24.0 Å². The van der Waals surface area contributed by atoms with E-state index in [-0.39, 0.29) is 12.0 Å². The number of nitrogens with zero attached hydrogens (tertiary/aromatic N) is 1. The third-order valence-electron chi connectivity index (χ3n) is 3.28. The van der Waals surface area contributed by atoms with Crippen LogP contribution in [0.25, 0.3) is 10.2 Å². The van der Waals surface area contributed by atoms with Gasteiger partial charge in [0.2, 0.25) is 0 Å². The van der Waals surface area contributed by atoms with Gasteiger partial charge in [-0.25, -0.2) is 4.98 Å². The first-order valence-electron chi connectivity index (χ1n) is 6.44. The predicted octanol–water partition coefficient (Wildman–Crippen LogP) is 3.03. The lowest BCUT2D eigenvalue weighted by Crippen LogP contribution is -2.26. The molecule has 0 aliphatic carbocycles. The van der Waals surface area contributed by atoms with Crippen molar-refractivity contribution in [2.24, 2.45) is 0 Å². The summed E-state index contributed by atoms with van der Waals surface area (Å²) in [5.41, 5.74) is 3.33. The van der Waals surface area contributed by atoms with Gasteiger partial charge < -0.3 is 4.74 Å². The van der Waals surface area contributed by atoms with Gasteiger partial charge in [-0.15, -0.1) is 0 Å². The Morgan fingerprint density at radius 2 is 2.32 bits per heavy atom. The summed E-state index contributed by atoms with van der Waals surface area (Å²) in [6.45, 7) is 4.79. The second-order valence-electron chi connectivity index (χ2n) is 4.94. The van der Waals surface area contributed by atoms with Gasteiger partial charge in [-0.2, -0.15) is 0 Å². The summed E-state index contributed by atoms with van der Waals surface area (Å²) in [6, 6.07) is 4.20. The Bertz CT molecular complexity index is 630. The van der Waals surface area contributed by atoms with Crippen LogP contribution in [-0.2, 0) is 9.53 Å². The van der Waals surface area contributed by atoms with E-state index in [1.54, 1.807) is 0 Å². The van der Waals surface area contributed by atoms with Crippen LogP contribution in [0.15, 0.2) is 12.1 Å². The molecule has 2 aromatic rings. The standard InChI is InChI=1S/C14H16N2O2S/c1-8-6-9(2)12-11(7-8)19-14(15-12)16-13(17)10-4-3-5-18-10/h6-7,10H,3-5H2,1-2H3,(H,15,16,17)/t10-/m0/s1. The van der Waals surface area contributed by atoms with Crippen molar-refractivity contribution >= 4 is 32.6 Å². The number of anilines is 1. The highest BCUT2D eigenvalue weighted by Gasteiger charge is 2.24. The molecular formula is C14H16N2O2S. The lowest BCUT2D eigenvalue weighted by Gasteiger charge is -2.07. The van der Waals surface area contributed by atoms with Crippen molar-refractivity contribution in [2.45, 2.75) is 32.8 Å². The number of hydrogen-bond donors (Lipinski definition) is 1. The fourth-order valence-electron chi connectivity index (χ4n) is 2.39. The molecule has 0 saturated carbocycles. The van der Waals surface area contributed by atoms with E-state index in [0.717, 1.165) is 28.6 Å². The molecule has 0 spiro atoms. The molecule has 1 atom stereocenters. The molecule has 1 amide bonds. The number of aryl methyl sites for hydroxylation is 2. The van der Waals surface area contributed by atoms with Crippen molar-refractivity contribution in [2.75, 3.05) is 11.9 Å². The average molecular weight is 276 g/mol. The fraction of sp³-hybridized carbons (Fsp3) is 0.429. The largest absolute Gasteiger partial charge is 0.368 e. The number of thiazole rings is 1. The maximum Gasteiger partial charge on any atom is 0.255 e. The Morgan fingerprint density at radius 1 is 1.47 bits per heavy atom. The summed E-state index contributed by atoms with van der Waals surface area (Å²) < 4.78 is 6.48. The molecule has 0 unspecified atom stereocenters. The topological polar surface area (TPSA) is 51.2 Å². The second kappa shape index (κ2) is 4.90. The number of hydrogen-bond acceptors (Lipinski definition) is 4. The van der Waals surface area contributed by atoms with Gasteiger partial charge in [-0.05, 0) is 43.9 Å². The molecular weight excluding hydrogens is 260 g/mol. The Labute approximate surface area is 115 Å². The van der Waals surface area contributed by atoms with E-state index in [0.29, 0.717) is 11.7 Å². The van der Waals surface area contributed by atoms with Gasteiger partial charge in [0, 0.05) is 6.61 Å². The van der Waals surface area contributed by atoms with E-state index in [9.17, 15) is 4.79 Å². The third kappa shape index (κ3) is 2.48. The van der Waals surface area contributed by atoms with Gasteiger partial charge in [0.15, 0.2) is 5.13 Å². The molecule has 5 heteroatoms. The zero-order valence-corrected chi connectivity index (χ0v) is 11.8. The first-order valence-corrected chi connectivity index (χ1v) is 7.25. The minimum atomic E-state index is -0.310. The van der Waals surface area contributed by atoms with Crippen molar-refractivity contribution in [3.63, 3.8) is 0 Å². The van der Waals surface area contributed by atoms with E-state index in [4.69, 9.17) is 4.74 Å². The van der Waals surface area contributed by atoms with E-state index in [1.165, 1.54) is 16.9 Å². The lowest BCUT2D eigenvalue weighted by atomic mass is 10.1. The molecule has 1 aliphatic heterocycles. The molecule has 3 rings (SSSR count). The van der Waals surface area contributed by atoms with Crippen LogP contribution in [0, 0.1) is 13.8 Å². The first kappa shape index (κ1) is 12.6. The molecule has 1 aromatic carbocycles. The number of benzene rings is 1. The summed E-state index contributed by atoms with van der Waals surface area (Å²) in [5, 5.41) is 3.52. The van der Waals surface area contributed by atoms with Crippen molar-refractivity contribution in [3.8, 4) is 0 Å². The van der Waals surface area contributed by atoms with Gasteiger partial charge in [-0.1, -0.05) is 17.4 Å². The van der Waals surface area contributed by atoms with Crippen molar-refractivity contribution in [1.82, 2.24) is 4.98 Å². The molecule has 1 N–H and O–H groups in total. The van der Waals surface area contributed by atoms with E-state index in [1.807, 2.05) is 6.92 Å². The molecule has 1 aromatic heterocycles. The summed E-state index contributed by atoms with van der Waals surface area (Å²) in [4.78, 5) is 16.5. The minimum absolute atomic E-state index is 0.0778. The Morgan fingerprint density at radius 3 is 3.05 bits per heavy atom. The third-order valence-corrected chi connectivity index (χ3v) is 4.20. The van der Waals surface area contributed by atoms with Crippen LogP contribution in [0.2, 0.25) is 0 Å². The average Bonchev–Trinajstić information content (AvgIpc) is 2.96. The summed E-state index contributed by atoms with van der Waals surface area (Å²) >= 11 is 1.51. The van der Waals surface area contributed by atoms with Gasteiger partial charge >= 0.3 is 0 Å². The molecule has 0 bridgehead atoms. The molecule has 1 aliphatic rings. The maximum absolute atomic E-state index is 12.0. The predicted molar refractivity (Wildman–Crippen MR) is 76.7 cm³/mol. The number of nitrogens with one attached hydrogen (secondary N) is 1. The Kier molecular flexibility index (Phi) is 3.24. The van der Waals surface area contributed by atoms with Crippen LogP contribution < -0.4 is 5.32 Å². The summed E-state index contributed by atoms with van der Waals surface area (Å²) in [5.74, 6) is -0.0778. The fourth-order valence-corrected chi connectivity index (χ4v) is 3.44. The maximum atomic E-state index is 12.0. The summed E-state index contributed by atoms with van der Waals surface area (Å²) in [7, 11) is 0. The van der Waals surface area contributed by atoms with E-state index >= 15 is 0 Å². The van der Waals surface area contributed by atoms with E-state index < -0.39 is 0 Å². The molecule has 1 fully saturated rings. The van der Waals surface area contributed by atoms with Gasteiger partial charge in [-0.3, -0.25) is 10.1 Å². The smallest absolute Gasteiger partial charge is 0.255 e. The quantitative estimate of drug-likeness (QED) is 0.917. The lowest BCUT2D eigenvalue weighted by molar-refractivity contribution is -0.124. The van der Waals surface area contributed by atoms with Crippen LogP contribution in [-0.4, -0.2) is 23.6 Å². The summed E-state index contributed by atoms with van der Waals surface area (Å²) in [6.07, 6.45) is 1.44. The minimum Gasteiger partial charge on any atom is -0.368 e. The number of rotatable bonds is 2. The van der Waals surface area contributed by atoms with E-state index in [2.05, 4.69) is 29.4 Å². The number of amides is 1. The van der Waals surface area contributed by atoms with Gasteiger partial charge in [0.25, 0.3) is 5.91 Å². The Balaban J connectivity index is 1.85. The molecule has 0 radical (unpaired) electrons. The number of fused-ring (bicyclic) bond motifs is 1. The highest BCUT2D eigenvalue weighted by molar-refractivity contribution is 7.22. The first-order chi connectivity index (χ1) is 9.13. The van der Waals surface area contributed by atoms with Crippen LogP contribution in [0.5, 0.6) is 0 Å². The molecule has 4 nitrogen and oxygen atoms in total. The SMILES string of the molecule is Cc1cc(C)c2nc(NC(=O)[C@@H]3CCCO3)sc2c1. The zero-order chi connectivity index (χ0) is 13.4. The highest BCUT2D eigenvalue weighted by atomic mass is 32.1. The Hall–Kier alpha value is -1.46. The van der Waals surface area contributed by atoms with Crippen molar-refractivity contribution in [1.29, 1.82) is 0 Å². The van der Waals surface area contributed by atoms with Gasteiger partial charge in [0.05, 0.1) is 10.2 Å². The molecule has 19 heavy (non-hydrogen) atoms. The molecule has 2 heterocycles. The van der Waals surface area contributed by atoms with Crippen molar-refractivity contribution in [3.05, 3.63) is 23.3 Å². The molecule has 1 saturated heterocycles. The highest BCUT2D eigenvalue weighted by Crippen LogP contribution is 2.29. The number of carbonyl (C=O) groups is 1. The molecule has 100 valence electrons. The van der Waals surface area contributed by atoms with Crippen molar-refractivity contribution < 1.29 is 9.53 Å². The van der Waals surface area contributed by atoms with Crippen LogP contribution >= 0.6 is 11.3 Å². The number of ether oxygens (including phenoxy) is 1.